The van der Waals surface area contributed by atoms with E-state index in [9.17, 15) is 8.42 Å². The Morgan fingerprint density at radius 2 is 2.05 bits per heavy atom. The van der Waals surface area contributed by atoms with E-state index in [1.54, 1.807) is 12.1 Å². The molecular weight excluding hydrogens is 410 g/mol. The first-order valence-corrected chi connectivity index (χ1v) is 9.45. The Bertz CT molecular complexity index is 604. The van der Waals surface area contributed by atoms with Crippen molar-refractivity contribution in [2.45, 2.75) is 31.3 Å². The molecule has 1 aliphatic rings. The van der Waals surface area contributed by atoms with Gasteiger partial charge in [-0.25, -0.2) is 13.1 Å². The number of benzene rings is 1. The molecule has 1 aromatic rings. The average Bonchev–Trinajstić information content (AvgIpc) is 2.77. The van der Waals surface area contributed by atoms with Gasteiger partial charge < -0.3 is 4.74 Å². The molecular formula is C13H17Br2NO3S. The quantitative estimate of drug-likeness (QED) is 0.803. The third-order valence-electron chi connectivity index (χ3n) is 3.57. The van der Waals surface area contributed by atoms with Crippen molar-refractivity contribution in [3.05, 3.63) is 26.6 Å². The van der Waals surface area contributed by atoms with Gasteiger partial charge in [-0.3, -0.25) is 0 Å². The van der Waals surface area contributed by atoms with Crippen LogP contribution in [-0.4, -0.2) is 27.7 Å². The first kappa shape index (κ1) is 16.4. The minimum Gasteiger partial charge on any atom is -0.378 e. The second-order valence-electron chi connectivity index (χ2n) is 5.01. The number of hydrogen-bond donors (Lipinski definition) is 1. The minimum absolute atomic E-state index is 0.103. The minimum atomic E-state index is -3.52. The van der Waals surface area contributed by atoms with Crippen LogP contribution in [0.5, 0.6) is 0 Å². The molecule has 1 aliphatic heterocycles. The fraction of sp³-hybridized carbons (Fsp3) is 0.538. The smallest absolute Gasteiger partial charge is 0.241 e. The SMILES string of the molecule is Cc1cc(Br)c(S(=O)(=O)NCC2CCOC2C)cc1Br. The van der Waals surface area contributed by atoms with E-state index < -0.39 is 10.0 Å². The van der Waals surface area contributed by atoms with Crippen LogP contribution in [0.15, 0.2) is 26.0 Å². The molecule has 112 valence electrons. The first-order valence-electron chi connectivity index (χ1n) is 6.38. The molecule has 1 aromatic carbocycles. The molecule has 2 unspecified atom stereocenters. The van der Waals surface area contributed by atoms with Crippen molar-refractivity contribution < 1.29 is 13.2 Å². The van der Waals surface area contributed by atoms with Gasteiger partial charge in [0.1, 0.15) is 0 Å². The monoisotopic (exact) mass is 425 g/mol. The van der Waals surface area contributed by atoms with Gasteiger partial charge in [0.2, 0.25) is 10.0 Å². The summed E-state index contributed by atoms with van der Waals surface area (Å²) in [4.78, 5) is 0.251. The first-order chi connectivity index (χ1) is 9.31. The lowest BCUT2D eigenvalue weighted by molar-refractivity contribution is 0.107. The number of hydrogen-bond acceptors (Lipinski definition) is 3. The van der Waals surface area contributed by atoms with Gasteiger partial charge in [0.15, 0.2) is 0 Å². The van der Waals surface area contributed by atoms with Crippen molar-refractivity contribution in [1.29, 1.82) is 0 Å². The molecule has 0 bridgehead atoms. The number of ether oxygens (including phenoxy) is 1. The third-order valence-corrected chi connectivity index (χ3v) is 6.81. The van der Waals surface area contributed by atoms with Gasteiger partial charge >= 0.3 is 0 Å². The van der Waals surface area contributed by atoms with E-state index in [1.807, 2.05) is 13.8 Å². The Hall–Kier alpha value is 0.0500. The highest BCUT2D eigenvalue weighted by molar-refractivity contribution is 9.11. The molecule has 20 heavy (non-hydrogen) atoms. The van der Waals surface area contributed by atoms with E-state index >= 15 is 0 Å². The summed E-state index contributed by atoms with van der Waals surface area (Å²) < 4.78 is 34.2. The van der Waals surface area contributed by atoms with Gasteiger partial charge in [0.25, 0.3) is 0 Å². The van der Waals surface area contributed by atoms with Crippen LogP contribution in [0.4, 0.5) is 0 Å². The lowest BCUT2D eigenvalue weighted by Crippen LogP contribution is -2.32. The number of halogens is 2. The molecule has 1 N–H and O–H groups in total. The van der Waals surface area contributed by atoms with Gasteiger partial charge in [-0.05, 0) is 53.9 Å². The van der Waals surface area contributed by atoms with Crippen LogP contribution in [0.2, 0.25) is 0 Å². The van der Waals surface area contributed by atoms with Crippen molar-refractivity contribution in [3.8, 4) is 0 Å². The fourth-order valence-electron chi connectivity index (χ4n) is 2.17. The molecule has 0 amide bonds. The van der Waals surface area contributed by atoms with Crippen molar-refractivity contribution in [1.82, 2.24) is 4.72 Å². The van der Waals surface area contributed by atoms with Crippen LogP contribution in [0, 0.1) is 12.8 Å². The summed E-state index contributed by atoms with van der Waals surface area (Å²) >= 11 is 6.68. The Morgan fingerprint density at radius 3 is 2.65 bits per heavy atom. The van der Waals surface area contributed by atoms with E-state index in [4.69, 9.17) is 4.74 Å². The predicted molar refractivity (Wildman–Crippen MR) is 85.3 cm³/mol. The highest BCUT2D eigenvalue weighted by Crippen LogP contribution is 2.29. The van der Waals surface area contributed by atoms with Crippen molar-refractivity contribution in [3.63, 3.8) is 0 Å². The molecule has 1 fully saturated rings. The predicted octanol–water partition coefficient (Wildman–Crippen LogP) is 3.22. The van der Waals surface area contributed by atoms with Gasteiger partial charge in [-0.15, -0.1) is 0 Å². The highest BCUT2D eigenvalue weighted by Gasteiger charge is 2.27. The lowest BCUT2D eigenvalue weighted by atomic mass is 10.0. The highest BCUT2D eigenvalue weighted by atomic mass is 79.9. The van der Waals surface area contributed by atoms with E-state index in [0.29, 0.717) is 17.6 Å². The normalized spacial score (nSPS) is 23.2. The van der Waals surface area contributed by atoms with Crippen LogP contribution < -0.4 is 4.72 Å². The molecule has 0 radical (unpaired) electrons. The summed E-state index contributed by atoms with van der Waals surface area (Å²) in [6, 6.07) is 3.41. The zero-order valence-corrected chi connectivity index (χ0v) is 15.3. The van der Waals surface area contributed by atoms with E-state index in [2.05, 4.69) is 36.6 Å². The second-order valence-corrected chi connectivity index (χ2v) is 8.45. The second kappa shape index (κ2) is 6.44. The van der Waals surface area contributed by atoms with Crippen molar-refractivity contribution in [2.24, 2.45) is 5.92 Å². The summed E-state index contributed by atoms with van der Waals surface area (Å²) in [7, 11) is -3.52. The number of nitrogens with one attached hydrogen (secondary N) is 1. The topological polar surface area (TPSA) is 55.4 Å². The molecule has 4 nitrogen and oxygen atoms in total. The van der Waals surface area contributed by atoms with Crippen LogP contribution in [0.3, 0.4) is 0 Å². The van der Waals surface area contributed by atoms with Crippen LogP contribution in [0.25, 0.3) is 0 Å². The van der Waals surface area contributed by atoms with Gasteiger partial charge in [-0.1, -0.05) is 15.9 Å². The number of sulfonamides is 1. The van der Waals surface area contributed by atoms with Gasteiger partial charge in [0.05, 0.1) is 11.0 Å². The van der Waals surface area contributed by atoms with E-state index in [-0.39, 0.29) is 16.9 Å². The molecule has 0 saturated carbocycles. The van der Waals surface area contributed by atoms with Crippen molar-refractivity contribution >= 4 is 41.9 Å². The third kappa shape index (κ3) is 3.62. The molecule has 0 aromatic heterocycles. The van der Waals surface area contributed by atoms with E-state index in [0.717, 1.165) is 16.5 Å². The Kier molecular flexibility index (Phi) is 5.29. The Balaban J connectivity index is 2.16. The fourth-order valence-corrected chi connectivity index (χ4v) is 4.94. The molecule has 7 heteroatoms. The Labute approximate surface area is 136 Å². The van der Waals surface area contributed by atoms with Gasteiger partial charge in [-0.2, -0.15) is 0 Å². The molecule has 2 rings (SSSR count). The maximum Gasteiger partial charge on any atom is 0.241 e. The zero-order valence-electron chi connectivity index (χ0n) is 11.3. The van der Waals surface area contributed by atoms with Crippen molar-refractivity contribution in [2.75, 3.05) is 13.2 Å². The standard InChI is InChI=1S/C13H17Br2NO3S/c1-8-5-12(15)13(6-11(8)14)20(17,18)16-7-10-3-4-19-9(10)2/h5-6,9-10,16H,3-4,7H2,1-2H3. The summed E-state index contributed by atoms with van der Waals surface area (Å²) in [5, 5.41) is 0. The average molecular weight is 427 g/mol. The zero-order chi connectivity index (χ0) is 14.9. The summed E-state index contributed by atoms with van der Waals surface area (Å²) in [5.74, 6) is 0.234. The maximum absolute atomic E-state index is 12.4. The Morgan fingerprint density at radius 1 is 1.35 bits per heavy atom. The van der Waals surface area contributed by atoms with Crippen LogP contribution in [0.1, 0.15) is 18.9 Å². The summed E-state index contributed by atoms with van der Waals surface area (Å²) in [5.41, 5.74) is 0.980. The molecule has 2 atom stereocenters. The summed E-state index contributed by atoms with van der Waals surface area (Å²) in [6.07, 6.45) is 0.994. The van der Waals surface area contributed by atoms with E-state index in [1.165, 1.54) is 0 Å². The molecule has 0 aliphatic carbocycles. The largest absolute Gasteiger partial charge is 0.378 e. The molecule has 0 spiro atoms. The number of rotatable bonds is 4. The summed E-state index contributed by atoms with van der Waals surface area (Å²) in [6.45, 7) is 5.00. The molecule has 1 heterocycles. The van der Waals surface area contributed by atoms with Crippen LogP contribution in [-0.2, 0) is 14.8 Å². The molecule has 1 saturated heterocycles. The maximum atomic E-state index is 12.4. The lowest BCUT2D eigenvalue weighted by Gasteiger charge is -2.16. The number of aryl methyl sites for hydroxylation is 1. The van der Waals surface area contributed by atoms with Crippen LogP contribution >= 0.6 is 31.9 Å². The van der Waals surface area contributed by atoms with Gasteiger partial charge in [0, 0.05) is 28.0 Å².